The maximum absolute atomic E-state index is 12.3. The monoisotopic (exact) mass is 548 g/mol. The highest BCUT2D eigenvalue weighted by Gasteiger charge is 2.65. The number of carbonyl (C=O) groups is 3. The van der Waals surface area contributed by atoms with E-state index in [1.165, 1.54) is 0 Å². The number of allylic oxidation sites excluding steroid dienone is 4. The zero-order valence-corrected chi connectivity index (χ0v) is 23.1. The lowest BCUT2D eigenvalue weighted by atomic mass is 9.46. The highest BCUT2D eigenvalue weighted by molar-refractivity contribution is 6.01. The predicted molar refractivity (Wildman–Crippen MR) is 141 cm³/mol. The normalized spacial score (nSPS) is 38.7. The van der Waals surface area contributed by atoms with Crippen LogP contribution in [0.1, 0.15) is 84.5 Å². The number of esters is 1. The molecule has 4 unspecified atom stereocenters. The van der Waals surface area contributed by atoms with Crippen molar-refractivity contribution in [3.05, 3.63) is 23.8 Å². The van der Waals surface area contributed by atoms with Crippen LogP contribution in [0.4, 0.5) is 0 Å². The van der Waals surface area contributed by atoms with E-state index in [1.54, 1.807) is 12.2 Å². The Kier molecular flexibility index (Phi) is 8.76. The third-order valence-corrected chi connectivity index (χ3v) is 10.5. The third-order valence-electron chi connectivity index (χ3n) is 10.5. The number of aliphatic hydroxyl groups excluding tert-OH is 3. The molecule has 0 saturated heterocycles. The van der Waals surface area contributed by atoms with Crippen LogP contribution in [0.5, 0.6) is 0 Å². The molecule has 9 heteroatoms. The van der Waals surface area contributed by atoms with Crippen LogP contribution in [-0.4, -0.2) is 73.8 Å². The summed E-state index contributed by atoms with van der Waals surface area (Å²) < 4.78 is 5.21. The molecular weight excluding hydrogens is 504 g/mol. The Morgan fingerprint density at radius 3 is 2.64 bits per heavy atom. The van der Waals surface area contributed by atoms with Crippen LogP contribution in [0.2, 0.25) is 0 Å². The van der Waals surface area contributed by atoms with Crippen LogP contribution in [0, 0.1) is 28.6 Å². The molecule has 0 amide bonds. The first kappa shape index (κ1) is 29.9. The lowest BCUT2D eigenvalue weighted by Gasteiger charge is -2.60. The number of hydrogen-bond acceptors (Lipinski definition) is 8. The van der Waals surface area contributed by atoms with Gasteiger partial charge < -0.3 is 30.3 Å². The number of hydrogen-bond donors (Lipinski definition) is 5. The number of fused-ring (bicyclic) bond motifs is 5. The van der Waals surface area contributed by atoms with Gasteiger partial charge in [0.25, 0.3) is 0 Å². The Bertz CT molecular complexity index is 1020. The molecule has 218 valence electrons. The summed E-state index contributed by atoms with van der Waals surface area (Å²) in [4.78, 5) is 34.9. The maximum atomic E-state index is 12.3. The largest absolute Gasteiger partial charge is 0.481 e. The molecule has 3 fully saturated rings. The van der Waals surface area contributed by atoms with Gasteiger partial charge in [-0.3, -0.25) is 14.4 Å². The first-order valence-electron chi connectivity index (χ1n) is 14.4. The van der Waals surface area contributed by atoms with Crippen LogP contribution in [0.15, 0.2) is 23.8 Å². The van der Waals surface area contributed by atoms with E-state index in [2.05, 4.69) is 13.8 Å². The van der Waals surface area contributed by atoms with Gasteiger partial charge in [-0.1, -0.05) is 25.5 Å². The van der Waals surface area contributed by atoms with Gasteiger partial charge in [-0.2, -0.15) is 0 Å². The molecule has 5 N–H and O–H groups in total. The van der Waals surface area contributed by atoms with E-state index in [-0.39, 0.29) is 54.8 Å². The van der Waals surface area contributed by atoms with Crippen LogP contribution in [0.3, 0.4) is 0 Å². The number of aliphatic hydroxyl groups is 4. The number of ether oxygens (including phenoxy) is 1. The molecule has 0 radical (unpaired) electrons. The quantitative estimate of drug-likeness (QED) is 0.244. The second kappa shape index (κ2) is 11.4. The molecule has 0 aromatic carbocycles. The molecule has 0 aliphatic heterocycles. The Balaban J connectivity index is 1.29. The SMILES string of the molecule is C[C@]12C=CC(=O)C=C1CCC1C2C(O)C[C@@]2(C)C1CC[C@]2(O)CCCC(=O)OCC[C@H](O)C[C@H](O)CC(=O)O. The summed E-state index contributed by atoms with van der Waals surface area (Å²) in [6.07, 6.45) is 6.87. The molecule has 0 aromatic rings. The molecule has 0 aromatic heterocycles. The van der Waals surface area contributed by atoms with E-state index in [4.69, 9.17) is 9.84 Å². The Labute approximate surface area is 229 Å². The van der Waals surface area contributed by atoms with Crippen molar-refractivity contribution >= 4 is 17.7 Å². The second-order valence-electron chi connectivity index (χ2n) is 12.8. The molecular formula is C30H44O9. The first-order valence-corrected chi connectivity index (χ1v) is 14.4. The fourth-order valence-corrected chi connectivity index (χ4v) is 8.45. The van der Waals surface area contributed by atoms with Crippen LogP contribution >= 0.6 is 0 Å². The Hall–Kier alpha value is -2.07. The molecule has 0 spiro atoms. The van der Waals surface area contributed by atoms with Crippen LogP contribution < -0.4 is 0 Å². The van der Waals surface area contributed by atoms with Gasteiger partial charge in [-0.15, -0.1) is 0 Å². The fourth-order valence-electron chi connectivity index (χ4n) is 8.45. The number of aliphatic carboxylic acids is 1. The van der Waals surface area contributed by atoms with Crippen molar-refractivity contribution in [2.75, 3.05) is 6.61 Å². The van der Waals surface area contributed by atoms with Gasteiger partial charge in [-0.05, 0) is 75.4 Å². The van der Waals surface area contributed by atoms with Crippen molar-refractivity contribution in [3.8, 4) is 0 Å². The van der Waals surface area contributed by atoms with E-state index in [0.717, 1.165) is 24.8 Å². The minimum Gasteiger partial charge on any atom is -0.481 e. The van der Waals surface area contributed by atoms with Crippen molar-refractivity contribution < 1.29 is 44.7 Å². The van der Waals surface area contributed by atoms with Gasteiger partial charge in [0.1, 0.15) is 0 Å². The summed E-state index contributed by atoms with van der Waals surface area (Å²) in [5, 5.41) is 51.5. The average molecular weight is 549 g/mol. The van der Waals surface area contributed by atoms with Gasteiger partial charge in [0, 0.05) is 29.6 Å². The molecule has 4 aliphatic carbocycles. The van der Waals surface area contributed by atoms with E-state index < -0.39 is 47.7 Å². The number of carbonyl (C=O) groups excluding carboxylic acids is 2. The van der Waals surface area contributed by atoms with E-state index in [0.29, 0.717) is 25.7 Å². The number of rotatable bonds is 11. The van der Waals surface area contributed by atoms with Gasteiger partial charge in [0.15, 0.2) is 5.78 Å². The summed E-state index contributed by atoms with van der Waals surface area (Å²) in [7, 11) is 0. The van der Waals surface area contributed by atoms with E-state index in [1.807, 2.05) is 6.08 Å². The van der Waals surface area contributed by atoms with Crippen molar-refractivity contribution in [2.45, 2.75) is 108 Å². The van der Waals surface area contributed by atoms with E-state index in [9.17, 15) is 34.8 Å². The van der Waals surface area contributed by atoms with Crippen LogP contribution in [0.25, 0.3) is 0 Å². The zero-order chi connectivity index (χ0) is 28.6. The highest BCUT2D eigenvalue weighted by Crippen LogP contribution is 2.67. The summed E-state index contributed by atoms with van der Waals surface area (Å²) in [6, 6.07) is 0. The first-order chi connectivity index (χ1) is 18.3. The number of ketones is 1. The standard InChI is InChI=1S/C30H44O9/c1-28-11-7-19(31)14-18(28)5-6-22-23-8-12-30(38,29(23,2)17-24(34)27(22)28)10-3-4-26(37)39-13-9-20(32)15-21(33)16-25(35)36/h7,11,14,20-24,27,32-34,38H,3-6,8-10,12-13,15-17H2,1-2H3,(H,35,36)/t20-,21-,22?,23?,24?,27?,28-,29-,30+/m0/s1. The minimum absolute atomic E-state index is 0.00977. The molecule has 9 atom stereocenters. The lowest BCUT2D eigenvalue weighted by Crippen LogP contribution is -2.59. The summed E-state index contributed by atoms with van der Waals surface area (Å²) >= 11 is 0. The molecule has 9 nitrogen and oxygen atoms in total. The topological polar surface area (TPSA) is 162 Å². The van der Waals surface area contributed by atoms with Crippen LogP contribution in [-0.2, 0) is 19.1 Å². The van der Waals surface area contributed by atoms with Gasteiger partial charge in [-0.25, -0.2) is 0 Å². The molecule has 0 bridgehead atoms. The van der Waals surface area contributed by atoms with E-state index >= 15 is 0 Å². The molecule has 3 saturated carbocycles. The molecule has 4 aliphatic rings. The third kappa shape index (κ3) is 5.87. The zero-order valence-electron chi connectivity index (χ0n) is 23.1. The van der Waals surface area contributed by atoms with Crippen molar-refractivity contribution in [2.24, 2.45) is 28.6 Å². The molecule has 4 rings (SSSR count). The van der Waals surface area contributed by atoms with Gasteiger partial charge in [0.2, 0.25) is 0 Å². The lowest BCUT2D eigenvalue weighted by molar-refractivity contribution is -0.167. The minimum atomic E-state index is -1.16. The predicted octanol–water partition coefficient (Wildman–Crippen LogP) is 2.69. The summed E-state index contributed by atoms with van der Waals surface area (Å²) in [6.45, 7) is 4.19. The fraction of sp³-hybridized carbons (Fsp3) is 0.767. The maximum Gasteiger partial charge on any atom is 0.305 e. The van der Waals surface area contributed by atoms with Gasteiger partial charge >= 0.3 is 11.9 Å². The summed E-state index contributed by atoms with van der Waals surface area (Å²) in [5.74, 6) is -1.05. The van der Waals surface area contributed by atoms with Crippen molar-refractivity contribution in [3.63, 3.8) is 0 Å². The second-order valence-corrected chi connectivity index (χ2v) is 12.8. The number of carboxylic acids is 1. The highest BCUT2D eigenvalue weighted by atomic mass is 16.5. The molecule has 0 heterocycles. The Morgan fingerprint density at radius 2 is 1.92 bits per heavy atom. The van der Waals surface area contributed by atoms with Gasteiger partial charge in [0.05, 0.1) is 36.9 Å². The average Bonchev–Trinajstić information content (AvgIpc) is 3.08. The summed E-state index contributed by atoms with van der Waals surface area (Å²) in [5.41, 5.74) is -0.696. The van der Waals surface area contributed by atoms with Crippen molar-refractivity contribution in [1.82, 2.24) is 0 Å². The number of carboxylic acid groups (broad SMARTS) is 1. The Morgan fingerprint density at radius 1 is 1.18 bits per heavy atom. The smallest absolute Gasteiger partial charge is 0.305 e. The van der Waals surface area contributed by atoms with Crippen molar-refractivity contribution in [1.29, 1.82) is 0 Å². The molecule has 39 heavy (non-hydrogen) atoms.